The first-order chi connectivity index (χ1) is 12.0. The average molecular weight is 541 g/mol. The van der Waals surface area contributed by atoms with E-state index >= 15 is 0 Å². The minimum absolute atomic E-state index is 0. The van der Waals surface area contributed by atoms with Gasteiger partial charge in [0.05, 0.1) is 19.8 Å². The molecular formula is C18H30BrIN4O2. The highest BCUT2D eigenvalue weighted by molar-refractivity contribution is 14.0. The van der Waals surface area contributed by atoms with Crippen molar-refractivity contribution in [3.8, 4) is 5.75 Å². The van der Waals surface area contributed by atoms with Gasteiger partial charge in [-0.3, -0.25) is 9.89 Å². The van der Waals surface area contributed by atoms with Crippen molar-refractivity contribution in [3.63, 3.8) is 0 Å². The third kappa shape index (κ3) is 7.98. The van der Waals surface area contributed by atoms with Gasteiger partial charge in [0.15, 0.2) is 5.96 Å². The summed E-state index contributed by atoms with van der Waals surface area (Å²) in [6, 6.07) is 7.83. The smallest absolute Gasteiger partial charge is 0.191 e. The molecular weight excluding hydrogens is 511 g/mol. The zero-order chi connectivity index (χ0) is 18.1. The van der Waals surface area contributed by atoms with Gasteiger partial charge in [-0.2, -0.15) is 0 Å². The van der Waals surface area contributed by atoms with Gasteiger partial charge in [0, 0.05) is 36.7 Å². The van der Waals surface area contributed by atoms with Crippen molar-refractivity contribution in [1.29, 1.82) is 0 Å². The van der Waals surface area contributed by atoms with Crippen LogP contribution in [-0.4, -0.2) is 69.4 Å². The van der Waals surface area contributed by atoms with Crippen LogP contribution in [0.3, 0.4) is 0 Å². The Morgan fingerprint density at radius 1 is 1.23 bits per heavy atom. The highest BCUT2D eigenvalue weighted by Crippen LogP contribution is 2.16. The lowest BCUT2D eigenvalue weighted by atomic mass is 10.0. The van der Waals surface area contributed by atoms with E-state index in [1.54, 1.807) is 7.05 Å². The van der Waals surface area contributed by atoms with E-state index in [4.69, 9.17) is 9.47 Å². The van der Waals surface area contributed by atoms with Gasteiger partial charge in [0.25, 0.3) is 0 Å². The van der Waals surface area contributed by atoms with E-state index in [9.17, 15) is 0 Å². The summed E-state index contributed by atoms with van der Waals surface area (Å²) >= 11 is 3.42. The third-order valence-electron chi connectivity index (χ3n) is 4.26. The molecule has 1 heterocycles. The van der Waals surface area contributed by atoms with Crippen LogP contribution in [0.25, 0.3) is 0 Å². The molecule has 0 spiro atoms. The van der Waals surface area contributed by atoms with Gasteiger partial charge in [-0.05, 0) is 38.1 Å². The highest BCUT2D eigenvalue weighted by Gasteiger charge is 2.28. The molecule has 0 amide bonds. The number of hydrogen-bond donors (Lipinski definition) is 2. The number of morpholine rings is 1. The molecule has 0 unspecified atom stereocenters. The van der Waals surface area contributed by atoms with Gasteiger partial charge < -0.3 is 20.1 Å². The molecule has 0 bridgehead atoms. The molecule has 0 atom stereocenters. The molecule has 0 aromatic heterocycles. The van der Waals surface area contributed by atoms with Crippen molar-refractivity contribution in [1.82, 2.24) is 15.5 Å². The fraction of sp³-hybridized carbons (Fsp3) is 0.611. The largest absolute Gasteiger partial charge is 0.492 e. The van der Waals surface area contributed by atoms with E-state index in [1.807, 2.05) is 24.3 Å². The second-order valence-corrected chi connectivity index (χ2v) is 7.48. The van der Waals surface area contributed by atoms with Crippen molar-refractivity contribution >= 4 is 45.9 Å². The highest BCUT2D eigenvalue weighted by atomic mass is 127. The Labute approximate surface area is 182 Å². The average Bonchev–Trinajstić information content (AvgIpc) is 2.63. The molecule has 2 N–H and O–H groups in total. The molecule has 0 radical (unpaired) electrons. The first kappa shape index (κ1) is 23.5. The monoisotopic (exact) mass is 540 g/mol. The number of nitrogens with one attached hydrogen (secondary N) is 2. The maximum absolute atomic E-state index is 5.71. The summed E-state index contributed by atoms with van der Waals surface area (Å²) < 4.78 is 12.2. The molecule has 26 heavy (non-hydrogen) atoms. The zero-order valence-electron chi connectivity index (χ0n) is 15.8. The van der Waals surface area contributed by atoms with E-state index in [0.717, 1.165) is 49.0 Å². The second kappa shape index (κ2) is 12.0. The van der Waals surface area contributed by atoms with Crippen LogP contribution in [0.5, 0.6) is 5.75 Å². The Morgan fingerprint density at radius 2 is 1.88 bits per heavy atom. The predicted molar refractivity (Wildman–Crippen MR) is 121 cm³/mol. The van der Waals surface area contributed by atoms with Crippen molar-refractivity contribution in [3.05, 3.63) is 28.7 Å². The van der Waals surface area contributed by atoms with Crippen LogP contribution >= 0.6 is 39.9 Å². The summed E-state index contributed by atoms with van der Waals surface area (Å²) in [4.78, 5) is 6.73. The van der Waals surface area contributed by atoms with Crippen LogP contribution in [-0.2, 0) is 4.74 Å². The number of hydrogen-bond acceptors (Lipinski definition) is 4. The Bertz CT molecular complexity index is 549. The summed E-state index contributed by atoms with van der Waals surface area (Å²) in [6.07, 6.45) is 0. The van der Waals surface area contributed by atoms with Gasteiger partial charge >= 0.3 is 0 Å². The van der Waals surface area contributed by atoms with Gasteiger partial charge in [0.1, 0.15) is 12.4 Å². The lowest BCUT2D eigenvalue weighted by molar-refractivity contribution is -0.00834. The van der Waals surface area contributed by atoms with E-state index in [1.165, 1.54) is 0 Å². The second-order valence-electron chi connectivity index (χ2n) is 6.57. The van der Waals surface area contributed by atoms with E-state index < -0.39 is 0 Å². The van der Waals surface area contributed by atoms with E-state index in [-0.39, 0.29) is 29.5 Å². The fourth-order valence-electron chi connectivity index (χ4n) is 2.67. The number of benzene rings is 1. The molecule has 1 aliphatic rings. The molecule has 148 valence electrons. The zero-order valence-corrected chi connectivity index (χ0v) is 19.7. The molecule has 1 aromatic carbocycles. The molecule has 6 nitrogen and oxygen atoms in total. The maximum atomic E-state index is 5.71. The van der Waals surface area contributed by atoms with Gasteiger partial charge in [-0.1, -0.05) is 15.9 Å². The normalized spacial score (nSPS) is 15.9. The Balaban J connectivity index is 0.00000338. The molecule has 2 rings (SSSR count). The molecule has 0 saturated carbocycles. The Kier molecular flexibility index (Phi) is 10.8. The summed E-state index contributed by atoms with van der Waals surface area (Å²) in [5, 5.41) is 6.70. The molecule has 1 fully saturated rings. The van der Waals surface area contributed by atoms with Crippen LogP contribution in [0.4, 0.5) is 0 Å². The van der Waals surface area contributed by atoms with Crippen molar-refractivity contribution < 1.29 is 9.47 Å². The van der Waals surface area contributed by atoms with Gasteiger partial charge in [0.2, 0.25) is 0 Å². The molecule has 1 aromatic rings. The number of rotatable bonds is 7. The minimum Gasteiger partial charge on any atom is -0.492 e. The first-order valence-electron chi connectivity index (χ1n) is 8.67. The quantitative estimate of drug-likeness (QED) is 0.241. The minimum atomic E-state index is 0. The van der Waals surface area contributed by atoms with E-state index in [0.29, 0.717) is 13.2 Å². The van der Waals surface area contributed by atoms with E-state index in [2.05, 4.69) is 50.3 Å². The molecule has 8 heteroatoms. The molecule has 1 aliphatic heterocycles. The van der Waals surface area contributed by atoms with Gasteiger partial charge in [-0.15, -0.1) is 24.0 Å². The molecule has 1 saturated heterocycles. The lowest BCUT2D eigenvalue weighted by Gasteiger charge is -2.41. The Morgan fingerprint density at radius 3 is 2.50 bits per heavy atom. The predicted octanol–water partition coefficient (Wildman–Crippen LogP) is 2.72. The number of aliphatic imine (C=N–C) groups is 1. The summed E-state index contributed by atoms with van der Waals surface area (Å²) in [5.74, 6) is 1.65. The Hall–Kier alpha value is -0.580. The number of ether oxygens (including phenoxy) is 2. The fourth-order valence-corrected chi connectivity index (χ4v) is 2.93. The summed E-state index contributed by atoms with van der Waals surface area (Å²) in [7, 11) is 1.78. The van der Waals surface area contributed by atoms with Gasteiger partial charge in [-0.25, -0.2) is 0 Å². The summed E-state index contributed by atoms with van der Waals surface area (Å²) in [5.41, 5.74) is 0.0509. The van der Waals surface area contributed by atoms with Crippen molar-refractivity contribution in [2.75, 3.05) is 53.0 Å². The van der Waals surface area contributed by atoms with Crippen LogP contribution in [0.15, 0.2) is 33.7 Å². The number of halogens is 2. The standard InChI is InChI=1S/C18H29BrN4O2.HI/c1-18(2,23-9-12-24-13-10-23)14-22-17(20-3)21-8-11-25-16-6-4-15(19)5-7-16;/h4-7H,8-14H2,1-3H3,(H2,20,21,22);1H. The third-order valence-corrected chi connectivity index (χ3v) is 4.78. The SMILES string of the molecule is CN=C(NCCOc1ccc(Br)cc1)NCC(C)(C)N1CCOCC1.I. The lowest BCUT2D eigenvalue weighted by Crippen LogP contribution is -2.56. The van der Waals surface area contributed by atoms with Crippen molar-refractivity contribution in [2.24, 2.45) is 4.99 Å². The van der Waals surface area contributed by atoms with Crippen LogP contribution in [0.2, 0.25) is 0 Å². The topological polar surface area (TPSA) is 58.1 Å². The first-order valence-corrected chi connectivity index (χ1v) is 9.46. The summed E-state index contributed by atoms with van der Waals surface area (Å²) in [6.45, 7) is 10.1. The van der Waals surface area contributed by atoms with Crippen LogP contribution < -0.4 is 15.4 Å². The van der Waals surface area contributed by atoms with Crippen molar-refractivity contribution in [2.45, 2.75) is 19.4 Å². The number of guanidine groups is 1. The maximum Gasteiger partial charge on any atom is 0.191 e. The number of nitrogens with zero attached hydrogens (tertiary/aromatic N) is 2. The molecule has 0 aliphatic carbocycles. The van der Waals surface area contributed by atoms with Crippen LogP contribution in [0.1, 0.15) is 13.8 Å². The van der Waals surface area contributed by atoms with Crippen LogP contribution in [0, 0.1) is 0 Å².